The van der Waals surface area contributed by atoms with Crippen LogP contribution >= 0.6 is 0 Å². The molecule has 90 valence electrons. The minimum absolute atomic E-state index is 0.845. The summed E-state index contributed by atoms with van der Waals surface area (Å²) in [5.74, 6) is 0. The minimum Gasteiger partial charge on any atom is -0.311 e. The average molecular weight is 229 g/mol. The Kier molecular flexibility index (Phi) is 3.94. The van der Waals surface area contributed by atoms with Gasteiger partial charge in [0.25, 0.3) is 0 Å². The summed E-state index contributed by atoms with van der Waals surface area (Å²) >= 11 is 0. The van der Waals surface area contributed by atoms with E-state index in [0.29, 0.717) is 0 Å². The molecule has 1 N–H and O–H groups in total. The maximum absolute atomic E-state index is 4.54. The predicted molar refractivity (Wildman–Crippen MR) is 69.9 cm³/mol. The first kappa shape index (κ1) is 11.9. The fourth-order valence-electron chi connectivity index (χ4n) is 1.80. The summed E-state index contributed by atoms with van der Waals surface area (Å²) in [5, 5.41) is 7.82. The molecule has 0 unspecified atom stereocenters. The molecule has 0 atom stereocenters. The highest BCUT2D eigenvalue weighted by Crippen LogP contribution is 2.09. The first-order valence-corrected chi connectivity index (χ1v) is 6.07. The molecule has 1 aromatic heterocycles. The number of nitrogens with one attached hydrogen (secondary N) is 1. The molecule has 3 nitrogen and oxygen atoms in total. The van der Waals surface area contributed by atoms with Crippen LogP contribution in [0, 0.1) is 6.92 Å². The molecule has 0 aliphatic carbocycles. The van der Waals surface area contributed by atoms with Crippen molar-refractivity contribution in [2.24, 2.45) is 0 Å². The molecule has 0 saturated carbocycles. The molecule has 1 aromatic carbocycles. The third kappa shape index (κ3) is 3.17. The predicted octanol–water partition coefficient (Wildman–Crippen LogP) is 2.35. The van der Waals surface area contributed by atoms with Crippen molar-refractivity contribution in [2.45, 2.75) is 26.9 Å². The summed E-state index contributed by atoms with van der Waals surface area (Å²) in [7, 11) is 0. The Hall–Kier alpha value is -1.61. The van der Waals surface area contributed by atoms with E-state index < -0.39 is 0 Å². The summed E-state index contributed by atoms with van der Waals surface area (Å²) in [6.45, 7) is 6.91. The van der Waals surface area contributed by atoms with Crippen LogP contribution in [0.3, 0.4) is 0 Å². The van der Waals surface area contributed by atoms with E-state index in [-0.39, 0.29) is 0 Å². The van der Waals surface area contributed by atoms with Crippen molar-refractivity contribution in [3.63, 3.8) is 0 Å². The van der Waals surface area contributed by atoms with Crippen molar-refractivity contribution >= 4 is 0 Å². The smallest absolute Gasteiger partial charge is 0.0762 e. The molecule has 0 aliphatic heterocycles. The number of aryl methyl sites for hydroxylation is 1. The van der Waals surface area contributed by atoms with Crippen molar-refractivity contribution in [2.75, 3.05) is 6.54 Å². The van der Waals surface area contributed by atoms with Gasteiger partial charge in [0, 0.05) is 12.7 Å². The van der Waals surface area contributed by atoms with Crippen LogP contribution in [0.15, 0.2) is 36.5 Å². The van der Waals surface area contributed by atoms with Crippen molar-refractivity contribution in [3.05, 3.63) is 53.3 Å². The lowest BCUT2D eigenvalue weighted by atomic mass is 10.1. The van der Waals surface area contributed by atoms with Crippen LogP contribution in [0.4, 0.5) is 0 Å². The molecule has 1 heterocycles. The Labute approximate surface area is 102 Å². The standard InChI is InChI=1S/C14H19N3/c1-3-15-10-14-8-9-17(16-14)11-13-7-5-4-6-12(13)2/h4-9,15H,3,10-11H2,1-2H3. The number of aromatic nitrogens is 2. The SMILES string of the molecule is CCNCc1ccn(Cc2ccccc2C)n1. The Morgan fingerprint density at radius 2 is 2.06 bits per heavy atom. The highest BCUT2D eigenvalue weighted by atomic mass is 15.3. The van der Waals surface area contributed by atoms with E-state index in [1.165, 1.54) is 11.1 Å². The number of hydrogen-bond donors (Lipinski definition) is 1. The molecule has 0 aliphatic rings. The van der Waals surface area contributed by atoms with Gasteiger partial charge in [-0.25, -0.2) is 0 Å². The summed E-state index contributed by atoms with van der Waals surface area (Å²) < 4.78 is 2.00. The fourth-order valence-corrected chi connectivity index (χ4v) is 1.80. The third-order valence-electron chi connectivity index (χ3n) is 2.85. The molecule has 17 heavy (non-hydrogen) atoms. The molecule has 0 bridgehead atoms. The van der Waals surface area contributed by atoms with Gasteiger partial charge in [0.2, 0.25) is 0 Å². The van der Waals surface area contributed by atoms with Crippen molar-refractivity contribution in [1.82, 2.24) is 15.1 Å². The van der Waals surface area contributed by atoms with Crippen LogP contribution in [0.25, 0.3) is 0 Å². The van der Waals surface area contributed by atoms with E-state index in [2.05, 4.69) is 54.6 Å². The second-order valence-electron chi connectivity index (χ2n) is 4.21. The Balaban J connectivity index is 2.04. The number of benzene rings is 1. The van der Waals surface area contributed by atoms with E-state index in [9.17, 15) is 0 Å². The van der Waals surface area contributed by atoms with Crippen LogP contribution in [0.2, 0.25) is 0 Å². The van der Waals surface area contributed by atoms with Crippen molar-refractivity contribution < 1.29 is 0 Å². The molecule has 0 amide bonds. The average Bonchev–Trinajstić information content (AvgIpc) is 2.77. The Morgan fingerprint density at radius 1 is 1.24 bits per heavy atom. The largest absolute Gasteiger partial charge is 0.311 e. The van der Waals surface area contributed by atoms with Crippen LogP contribution in [0.1, 0.15) is 23.7 Å². The molecule has 0 radical (unpaired) electrons. The molecule has 0 fully saturated rings. The van der Waals surface area contributed by atoms with Gasteiger partial charge in [0.05, 0.1) is 12.2 Å². The molecular weight excluding hydrogens is 210 g/mol. The first-order valence-electron chi connectivity index (χ1n) is 6.07. The lowest BCUT2D eigenvalue weighted by Crippen LogP contribution is -2.12. The quantitative estimate of drug-likeness (QED) is 0.853. The monoisotopic (exact) mass is 229 g/mol. The van der Waals surface area contributed by atoms with Crippen LogP contribution in [0.5, 0.6) is 0 Å². The zero-order chi connectivity index (χ0) is 12.1. The molecule has 0 saturated heterocycles. The van der Waals surface area contributed by atoms with E-state index >= 15 is 0 Å². The molecule has 2 rings (SSSR count). The highest BCUT2D eigenvalue weighted by Gasteiger charge is 2.01. The summed E-state index contributed by atoms with van der Waals surface area (Å²) in [5.41, 5.74) is 3.74. The molecular formula is C14H19N3. The van der Waals surface area contributed by atoms with Gasteiger partial charge in [0.15, 0.2) is 0 Å². The molecule has 0 spiro atoms. The van der Waals surface area contributed by atoms with Crippen LogP contribution in [-0.2, 0) is 13.1 Å². The summed E-state index contributed by atoms with van der Waals surface area (Å²) in [6, 6.07) is 10.5. The third-order valence-corrected chi connectivity index (χ3v) is 2.85. The first-order chi connectivity index (χ1) is 8.29. The van der Waals surface area contributed by atoms with E-state index in [1.807, 2.05) is 10.9 Å². The van der Waals surface area contributed by atoms with E-state index in [1.54, 1.807) is 0 Å². The topological polar surface area (TPSA) is 29.9 Å². The van der Waals surface area contributed by atoms with Crippen molar-refractivity contribution in [1.29, 1.82) is 0 Å². The van der Waals surface area contributed by atoms with Crippen LogP contribution < -0.4 is 5.32 Å². The van der Waals surface area contributed by atoms with E-state index in [0.717, 1.165) is 25.3 Å². The lowest BCUT2D eigenvalue weighted by Gasteiger charge is -2.05. The van der Waals surface area contributed by atoms with Crippen molar-refractivity contribution in [3.8, 4) is 0 Å². The van der Waals surface area contributed by atoms with Gasteiger partial charge < -0.3 is 5.32 Å². The van der Waals surface area contributed by atoms with Crippen LogP contribution in [-0.4, -0.2) is 16.3 Å². The highest BCUT2D eigenvalue weighted by molar-refractivity contribution is 5.25. The summed E-state index contributed by atoms with van der Waals surface area (Å²) in [4.78, 5) is 0. The maximum Gasteiger partial charge on any atom is 0.0762 e. The van der Waals surface area contributed by atoms with Gasteiger partial charge in [-0.1, -0.05) is 31.2 Å². The normalized spacial score (nSPS) is 10.7. The molecule has 3 heteroatoms. The zero-order valence-electron chi connectivity index (χ0n) is 10.5. The Bertz CT molecular complexity index is 474. The zero-order valence-corrected chi connectivity index (χ0v) is 10.5. The molecule has 2 aromatic rings. The maximum atomic E-state index is 4.54. The van der Waals surface area contributed by atoms with Gasteiger partial charge in [-0.15, -0.1) is 0 Å². The Morgan fingerprint density at radius 3 is 2.82 bits per heavy atom. The fraction of sp³-hybridized carbons (Fsp3) is 0.357. The van der Waals surface area contributed by atoms with Gasteiger partial charge in [0.1, 0.15) is 0 Å². The second-order valence-corrected chi connectivity index (χ2v) is 4.21. The minimum atomic E-state index is 0.845. The second kappa shape index (κ2) is 5.64. The number of hydrogen-bond acceptors (Lipinski definition) is 2. The van der Waals surface area contributed by atoms with Gasteiger partial charge >= 0.3 is 0 Å². The summed E-state index contributed by atoms with van der Waals surface area (Å²) in [6.07, 6.45) is 2.04. The lowest BCUT2D eigenvalue weighted by molar-refractivity contribution is 0.643. The number of nitrogens with zero attached hydrogens (tertiary/aromatic N) is 2. The van der Waals surface area contributed by atoms with Gasteiger partial charge in [-0.3, -0.25) is 4.68 Å². The van der Waals surface area contributed by atoms with Gasteiger partial charge in [-0.05, 0) is 30.7 Å². The van der Waals surface area contributed by atoms with Gasteiger partial charge in [-0.2, -0.15) is 5.10 Å². The number of rotatable bonds is 5. The van der Waals surface area contributed by atoms with E-state index in [4.69, 9.17) is 0 Å².